The van der Waals surface area contributed by atoms with E-state index in [2.05, 4.69) is 0 Å². The van der Waals surface area contributed by atoms with Crippen LogP contribution in [-0.2, 0) is 6.61 Å². The molecule has 1 aromatic heterocycles. The number of benzene rings is 2. The lowest BCUT2D eigenvalue weighted by atomic mass is 10.0. The highest BCUT2D eigenvalue weighted by molar-refractivity contribution is 5.88. The maximum absolute atomic E-state index is 13.4. The quantitative estimate of drug-likeness (QED) is 0.425. The predicted octanol–water partition coefficient (Wildman–Crippen LogP) is 5.65. The van der Waals surface area contributed by atoms with Gasteiger partial charge in [-0.1, -0.05) is 17.2 Å². The van der Waals surface area contributed by atoms with E-state index < -0.39 is 0 Å². The fourth-order valence-corrected chi connectivity index (χ4v) is 3.23. The molecule has 0 saturated heterocycles. The van der Waals surface area contributed by atoms with Gasteiger partial charge in [0, 0.05) is 0 Å². The first-order valence-corrected chi connectivity index (χ1v) is 10.7. The molecule has 6 heteroatoms. The molecule has 0 aliphatic heterocycles. The number of allylic oxidation sites excluding steroid dienone is 2. The lowest BCUT2D eigenvalue weighted by molar-refractivity contribution is 0.281. The molecule has 2 aromatic carbocycles. The van der Waals surface area contributed by atoms with Crippen molar-refractivity contribution in [3.8, 4) is 28.4 Å². The highest BCUT2D eigenvalue weighted by Crippen LogP contribution is 2.34. The van der Waals surface area contributed by atoms with Crippen molar-refractivity contribution in [1.29, 1.82) is 0 Å². The van der Waals surface area contributed by atoms with Crippen molar-refractivity contribution in [2.75, 3.05) is 20.3 Å². The Morgan fingerprint density at radius 3 is 2.21 bits per heavy atom. The Labute approximate surface area is 193 Å². The summed E-state index contributed by atoms with van der Waals surface area (Å²) in [5.41, 5.74) is 4.04. The summed E-state index contributed by atoms with van der Waals surface area (Å²) in [4.78, 5) is 13.4. The smallest absolute Gasteiger partial charge is 0.204 e. The van der Waals surface area contributed by atoms with Crippen molar-refractivity contribution in [3.05, 3.63) is 75.7 Å². The Morgan fingerprint density at radius 1 is 0.939 bits per heavy atom. The number of methoxy groups -OCH3 is 1. The van der Waals surface area contributed by atoms with Gasteiger partial charge in [0.1, 0.15) is 36.2 Å². The highest BCUT2D eigenvalue weighted by atomic mass is 16.5. The van der Waals surface area contributed by atoms with Gasteiger partial charge in [0.25, 0.3) is 0 Å². The van der Waals surface area contributed by atoms with Crippen LogP contribution in [0.3, 0.4) is 0 Å². The van der Waals surface area contributed by atoms with Crippen molar-refractivity contribution in [2.45, 2.75) is 34.3 Å². The van der Waals surface area contributed by atoms with Crippen LogP contribution in [0.5, 0.6) is 17.2 Å². The minimum Gasteiger partial charge on any atom is -0.496 e. The molecule has 0 radical (unpaired) electrons. The van der Waals surface area contributed by atoms with Gasteiger partial charge in [-0.15, -0.1) is 0 Å². The second-order valence-corrected chi connectivity index (χ2v) is 8.15. The van der Waals surface area contributed by atoms with E-state index in [-0.39, 0.29) is 12.0 Å². The minimum atomic E-state index is -0.231. The van der Waals surface area contributed by atoms with E-state index in [1.807, 2.05) is 39.8 Å². The van der Waals surface area contributed by atoms with E-state index in [4.69, 9.17) is 18.6 Å². The number of fused-ring (bicyclic) bond motifs is 1. The second-order valence-electron chi connectivity index (χ2n) is 8.15. The van der Waals surface area contributed by atoms with Crippen LogP contribution < -0.4 is 19.6 Å². The predicted molar refractivity (Wildman–Crippen MR) is 130 cm³/mol. The zero-order valence-corrected chi connectivity index (χ0v) is 19.7. The molecular weight excluding hydrogens is 420 g/mol. The molecule has 0 amide bonds. The van der Waals surface area contributed by atoms with Gasteiger partial charge in [-0.25, -0.2) is 0 Å². The summed E-state index contributed by atoms with van der Waals surface area (Å²) in [5.74, 6) is 1.48. The molecule has 0 unspecified atom stereocenters. The molecule has 0 aliphatic rings. The molecule has 174 valence electrons. The van der Waals surface area contributed by atoms with Gasteiger partial charge >= 0.3 is 0 Å². The Morgan fingerprint density at radius 2 is 1.61 bits per heavy atom. The van der Waals surface area contributed by atoms with Gasteiger partial charge in [-0.2, -0.15) is 0 Å². The van der Waals surface area contributed by atoms with Crippen LogP contribution in [0.4, 0.5) is 0 Å². The topological polar surface area (TPSA) is 78.1 Å². The third kappa shape index (κ3) is 5.84. The average molecular weight is 451 g/mol. The van der Waals surface area contributed by atoms with Gasteiger partial charge in [-0.3, -0.25) is 4.79 Å². The summed E-state index contributed by atoms with van der Waals surface area (Å²) in [6.45, 7) is 8.64. The van der Waals surface area contributed by atoms with E-state index in [1.165, 1.54) is 13.4 Å². The molecule has 0 atom stereocenters. The number of rotatable bonds is 9. The monoisotopic (exact) mass is 450 g/mol. The second kappa shape index (κ2) is 10.9. The van der Waals surface area contributed by atoms with E-state index in [0.717, 1.165) is 11.1 Å². The molecule has 33 heavy (non-hydrogen) atoms. The molecule has 3 aromatic rings. The number of aliphatic hydroxyl groups is 1. The number of hydrogen-bond acceptors (Lipinski definition) is 6. The van der Waals surface area contributed by atoms with E-state index in [0.29, 0.717) is 58.1 Å². The van der Waals surface area contributed by atoms with Gasteiger partial charge in [0.05, 0.1) is 19.3 Å². The lowest BCUT2D eigenvalue weighted by Gasteiger charge is -2.13. The Balaban J connectivity index is 2.07. The summed E-state index contributed by atoms with van der Waals surface area (Å²) in [6.07, 6.45) is 5.38. The molecule has 6 nitrogen and oxygen atoms in total. The first-order valence-electron chi connectivity index (χ1n) is 10.7. The molecule has 0 bridgehead atoms. The van der Waals surface area contributed by atoms with Crippen molar-refractivity contribution in [3.63, 3.8) is 0 Å². The molecule has 0 fully saturated rings. The fraction of sp³-hybridized carbons (Fsp3) is 0.296. The zero-order valence-electron chi connectivity index (χ0n) is 19.7. The summed E-state index contributed by atoms with van der Waals surface area (Å²) in [5, 5.41) is 9.79. The van der Waals surface area contributed by atoms with Crippen LogP contribution in [0.15, 0.2) is 69.1 Å². The van der Waals surface area contributed by atoms with E-state index in [1.54, 1.807) is 30.3 Å². The minimum absolute atomic E-state index is 0.182. The molecule has 0 spiro atoms. The Bertz CT molecular complexity index is 1240. The molecule has 0 aliphatic carbocycles. The van der Waals surface area contributed by atoms with Gasteiger partial charge in [-0.05, 0) is 75.2 Å². The first-order chi connectivity index (χ1) is 15.8. The molecule has 1 N–H and O–H groups in total. The fourth-order valence-electron chi connectivity index (χ4n) is 3.23. The van der Waals surface area contributed by atoms with Gasteiger partial charge < -0.3 is 23.7 Å². The molecule has 3 rings (SSSR count). The van der Waals surface area contributed by atoms with Crippen molar-refractivity contribution >= 4 is 11.0 Å². The molecule has 1 heterocycles. The van der Waals surface area contributed by atoms with Crippen LogP contribution in [0.1, 0.15) is 33.3 Å². The molecule has 0 saturated carbocycles. The number of ether oxygens (including phenoxy) is 3. The maximum atomic E-state index is 13.4. The van der Waals surface area contributed by atoms with Gasteiger partial charge in [0.15, 0.2) is 11.5 Å². The first kappa shape index (κ1) is 24.1. The zero-order chi connectivity index (χ0) is 24.0. The van der Waals surface area contributed by atoms with Crippen LogP contribution in [-0.4, -0.2) is 25.4 Å². The summed E-state index contributed by atoms with van der Waals surface area (Å²) >= 11 is 0. The third-order valence-electron chi connectivity index (χ3n) is 5.02. The maximum Gasteiger partial charge on any atom is 0.204 e. The normalized spacial score (nSPS) is 10.6. The van der Waals surface area contributed by atoms with Crippen LogP contribution in [0.2, 0.25) is 0 Å². The van der Waals surface area contributed by atoms with Crippen LogP contribution in [0, 0.1) is 0 Å². The Hall–Kier alpha value is -3.51. The van der Waals surface area contributed by atoms with Crippen LogP contribution in [0.25, 0.3) is 22.1 Å². The summed E-state index contributed by atoms with van der Waals surface area (Å²) in [7, 11) is 1.48. The van der Waals surface area contributed by atoms with Gasteiger partial charge in [0.2, 0.25) is 5.43 Å². The van der Waals surface area contributed by atoms with Crippen LogP contribution >= 0.6 is 0 Å². The highest BCUT2D eigenvalue weighted by Gasteiger charge is 2.16. The van der Waals surface area contributed by atoms with E-state index >= 15 is 0 Å². The molecular formula is C27H30O6. The largest absolute Gasteiger partial charge is 0.496 e. The van der Waals surface area contributed by atoms with Crippen molar-refractivity contribution < 1.29 is 23.7 Å². The summed E-state index contributed by atoms with van der Waals surface area (Å²) in [6, 6.07) is 8.65. The third-order valence-corrected chi connectivity index (χ3v) is 5.02. The van der Waals surface area contributed by atoms with Crippen molar-refractivity contribution in [1.82, 2.24) is 0 Å². The number of aliphatic hydroxyl groups excluding tert-OH is 1. The summed E-state index contributed by atoms with van der Waals surface area (Å²) < 4.78 is 23.0. The lowest BCUT2D eigenvalue weighted by Crippen LogP contribution is -2.08. The SMILES string of the molecule is COc1cc(CO)cc2occ(-c3ccc(OCC=C(C)C)c(OCC=C(C)C)c3)c(=O)c12. The van der Waals surface area contributed by atoms with Crippen molar-refractivity contribution in [2.24, 2.45) is 0 Å². The van der Waals surface area contributed by atoms with E-state index in [9.17, 15) is 9.90 Å². The Kier molecular flexibility index (Phi) is 7.96. The standard InChI is InChI=1S/C27H30O6/c1-17(2)8-10-31-22-7-6-20(14-23(22)32-11-9-18(3)4)21-16-33-25-13-19(15-28)12-24(30-5)26(25)27(21)29/h6-9,12-14,16,28H,10-11,15H2,1-5H3. The average Bonchev–Trinajstić information content (AvgIpc) is 2.79. The number of hydrogen-bond donors (Lipinski definition) is 1.